The Morgan fingerprint density at radius 1 is 0.355 bits per heavy atom. The van der Waals surface area contributed by atoms with Crippen LogP contribution in [0, 0.1) is 0 Å². The van der Waals surface area contributed by atoms with Gasteiger partial charge in [-0.05, 0) is 103 Å². The van der Waals surface area contributed by atoms with Crippen LogP contribution in [0.3, 0.4) is 0 Å². The first-order valence-corrected chi connectivity index (χ1v) is 21.3. The molecule has 1 aliphatic carbocycles. The maximum absolute atomic E-state index is 6.10. The molecule has 3 nitrogen and oxygen atoms in total. The van der Waals surface area contributed by atoms with Crippen molar-refractivity contribution in [2.75, 3.05) is 0 Å². The van der Waals surface area contributed by atoms with E-state index >= 15 is 0 Å². The normalized spacial score (nSPS) is 12.8. The van der Waals surface area contributed by atoms with Crippen LogP contribution in [0.5, 0.6) is 0 Å². The molecule has 0 amide bonds. The van der Waals surface area contributed by atoms with Crippen LogP contribution in [0.15, 0.2) is 211 Å². The molecule has 2 heterocycles. The van der Waals surface area contributed by atoms with E-state index in [2.05, 4.69) is 190 Å². The van der Waals surface area contributed by atoms with Gasteiger partial charge in [0.25, 0.3) is 0 Å². The van der Waals surface area contributed by atoms with Crippen molar-refractivity contribution in [3.8, 4) is 78.4 Å². The molecule has 0 bridgehead atoms. The van der Waals surface area contributed by atoms with Gasteiger partial charge in [0, 0.05) is 32.9 Å². The lowest BCUT2D eigenvalue weighted by atomic mass is 9.81. The van der Waals surface area contributed by atoms with E-state index in [0.29, 0.717) is 5.82 Å². The number of fused-ring (bicyclic) bond motifs is 7. The van der Waals surface area contributed by atoms with Gasteiger partial charge in [-0.25, -0.2) is 9.97 Å². The molecule has 0 N–H and O–H groups in total. The zero-order valence-electron chi connectivity index (χ0n) is 34.4. The molecule has 2 aromatic heterocycles. The number of hydrogen-bond acceptors (Lipinski definition) is 3. The van der Waals surface area contributed by atoms with Gasteiger partial charge in [0.1, 0.15) is 11.2 Å². The molecule has 1 aliphatic rings. The van der Waals surface area contributed by atoms with Crippen molar-refractivity contribution in [2.24, 2.45) is 0 Å². The third-order valence-corrected chi connectivity index (χ3v) is 12.9. The Labute approximate surface area is 360 Å². The molecule has 11 aromatic rings. The molecule has 0 radical (unpaired) electrons. The van der Waals surface area contributed by atoms with Gasteiger partial charge < -0.3 is 4.42 Å². The lowest BCUT2D eigenvalue weighted by molar-refractivity contribution is 0.661. The zero-order chi connectivity index (χ0) is 41.4. The molecule has 12 rings (SSSR count). The van der Waals surface area contributed by atoms with E-state index in [1.165, 1.54) is 44.2 Å². The monoisotopic (exact) mass is 792 g/mol. The van der Waals surface area contributed by atoms with Gasteiger partial charge in [0.2, 0.25) is 0 Å². The molecule has 0 fully saturated rings. The van der Waals surface area contributed by atoms with Crippen molar-refractivity contribution >= 4 is 32.7 Å². The Hall–Kier alpha value is -7.88. The van der Waals surface area contributed by atoms with Gasteiger partial charge in [-0.1, -0.05) is 184 Å². The minimum Gasteiger partial charge on any atom is -0.456 e. The fraction of sp³-hybridized carbons (Fsp3) is 0.0508. The summed E-state index contributed by atoms with van der Waals surface area (Å²) in [6.07, 6.45) is 0. The van der Waals surface area contributed by atoms with Crippen molar-refractivity contribution in [2.45, 2.75) is 19.3 Å². The first-order valence-electron chi connectivity index (χ1n) is 21.3. The third-order valence-electron chi connectivity index (χ3n) is 12.9. The summed E-state index contributed by atoms with van der Waals surface area (Å²) in [6.45, 7) is 4.71. The molecule has 0 spiro atoms. The fourth-order valence-corrected chi connectivity index (χ4v) is 9.69. The Kier molecular flexibility index (Phi) is 8.20. The number of nitrogens with zero attached hydrogens (tertiary/aromatic N) is 2. The molecular formula is C59H40N2O. The summed E-state index contributed by atoms with van der Waals surface area (Å²) in [5.41, 5.74) is 18.9. The van der Waals surface area contributed by atoms with Crippen molar-refractivity contribution < 1.29 is 4.42 Å². The number of para-hydroxylation sites is 1. The highest BCUT2D eigenvalue weighted by Gasteiger charge is 2.37. The first-order chi connectivity index (χ1) is 30.5. The second kappa shape index (κ2) is 14.1. The van der Waals surface area contributed by atoms with E-state index in [1.54, 1.807) is 0 Å². The minimum absolute atomic E-state index is 0.0978. The summed E-state index contributed by atoms with van der Waals surface area (Å²) in [6, 6.07) is 73.7. The van der Waals surface area contributed by atoms with Crippen LogP contribution in [0.2, 0.25) is 0 Å². The fourth-order valence-electron chi connectivity index (χ4n) is 9.69. The summed E-state index contributed by atoms with van der Waals surface area (Å²) in [4.78, 5) is 10.4. The van der Waals surface area contributed by atoms with Crippen molar-refractivity contribution in [1.29, 1.82) is 0 Å². The second-order valence-corrected chi connectivity index (χ2v) is 16.9. The smallest absolute Gasteiger partial charge is 0.160 e. The molecule has 292 valence electrons. The molecule has 0 atom stereocenters. The predicted molar refractivity (Wildman–Crippen MR) is 257 cm³/mol. The van der Waals surface area contributed by atoms with Crippen LogP contribution in [-0.4, -0.2) is 9.97 Å². The van der Waals surface area contributed by atoms with E-state index in [1.807, 2.05) is 30.3 Å². The molecule has 0 saturated carbocycles. The van der Waals surface area contributed by atoms with Gasteiger partial charge in [-0.3, -0.25) is 0 Å². The Balaban J connectivity index is 0.923. The Morgan fingerprint density at radius 2 is 0.952 bits per heavy atom. The highest BCUT2D eigenvalue weighted by Crippen LogP contribution is 2.53. The lowest BCUT2D eigenvalue weighted by Crippen LogP contribution is -2.14. The summed E-state index contributed by atoms with van der Waals surface area (Å²) in [5, 5.41) is 4.81. The summed E-state index contributed by atoms with van der Waals surface area (Å²) < 4.78 is 6.10. The molecule has 9 aromatic carbocycles. The number of benzene rings is 9. The molecule has 0 saturated heterocycles. The molecule has 3 heteroatoms. The molecular weight excluding hydrogens is 753 g/mol. The van der Waals surface area contributed by atoms with Gasteiger partial charge in [0.05, 0.1) is 11.4 Å². The predicted octanol–water partition coefficient (Wildman–Crippen LogP) is 15.8. The minimum atomic E-state index is -0.0978. The number of hydrogen-bond donors (Lipinski definition) is 0. The van der Waals surface area contributed by atoms with Gasteiger partial charge in [0.15, 0.2) is 5.82 Å². The van der Waals surface area contributed by atoms with Gasteiger partial charge >= 0.3 is 0 Å². The van der Waals surface area contributed by atoms with Crippen LogP contribution in [0.4, 0.5) is 0 Å². The Morgan fingerprint density at radius 3 is 1.76 bits per heavy atom. The summed E-state index contributed by atoms with van der Waals surface area (Å²) >= 11 is 0. The molecule has 62 heavy (non-hydrogen) atoms. The highest BCUT2D eigenvalue weighted by atomic mass is 16.3. The SMILES string of the molecule is CC1(C)c2cc3ccccc3cc2-c2c(-c3ccc(-c4cc(-c5ccccc5-c5ccc(-c6ccc7oc8ccccc8c7c6)cc5)nc(-c5ccccc5)n4)cc3)cccc21. The van der Waals surface area contributed by atoms with E-state index in [9.17, 15) is 0 Å². The van der Waals surface area contributed by atoms with Crippen molar-refractivity contribution in [3.05, 3.63) is 217 Å². The van der Waals surface area contributed by atoms with Crippen LogP contribution in [0.1, 0.15) is 25.0 Å². The standard InChI is InChI=1S/C59H40N2O/c1-59(2)51-21-12-20-46(57(51)50-34-42-15-6-7-16-43(42)35-52(50)59)39-27-29-40(30-28-39)53-36-54(61-58(60-53)41-13-4-3-5-14-41)47-18-9-8-17-45(47)38-25-23-37(24-26-38)44-31-32-56-49(33-44)48-19-10-11-22-55(48)62-56/h3-36H,1-2H3. The topological polar surface area (TPSA) is 38.9 Å². The van der Waals surface area contributed by atoms with Crippen LogP contribution in [0.25, 0.3) is 111 Å². The van der Waals surface area contributed by atoms with Gasteiger partial charge in [-0.15, -0.1) is 0 Å². The average molecular weight is 793 g/mol. The lowest BCUT2D eigenvalue weighted by Gasteiger charge is -2.22. The number of rotatable bonds is 6. The van der Waals surface area contributed by atoms with E-state index in [0.717, 1.165) is 72.3 Å². The second-order valence-electron chi connectivity index (χ2n) is 16.9. The maximum Gasteiger partial charge on any atom is 0.160 e. The largest absolute Gasteiger partial charge is 0.456 e. The average Bonchev–Trinajstić information content (AvgIpc) is 3.82. The number of furan rings is 1. The zero-order valence-corrected chi connectivity index (χ0v) is 34.4. The number of aromatic nitrogens is 2. The summed E-state index contributed by atoms with van der Waals surface area (Å²) in [7, 11) is 0. The Bertz CT molecular complexity index is 3520. The van der Waals surface area contributed by atoms with E-state index in [4.69, 9.17) is 14.4 Å². The summed E-state index contributed by atoms with van der Waals surface area (Å²) in [5.74, 6) is 0.696. The van der Waals surface area contributed by atoms with Crippen molar-refractivity contribution in [1.82, 2.24) is 9.97 Å². The van der Waals surface area contributed by atoms with Crippen molar-refractivity contribution in [3.63, 3.8) is 0 Å². The quantitative estimate of drug-likeness (QED) is 0.168. The van der Waals surface area contributed by atoms with Gasteiger partial charge in [-0.2, -0.15) is 0 Å². The van der Waals surface area contributed by atoms with Crippen LogP contribution >= 0.6 is 0 Å². The van der Waals surface area contributed by atoms with Crippen LogP contribution < -0.4 is 0 Å². The first kappa shape index (κ1) is 36.0. The van der Waals surface area contributed by atoms with E-state index < -0.39 is 0 Å². The maximum atomic E-state index is 6.10. The van der Waals surface area contributed by atoms with E-state index in [-0.39, 0.29) is 5.41 Å². The van der Waals surface area contributed by atoms with Crippen LogP contribution in [-0.2, 0) is 5.41 Å². The molecule has 0 unspecified atom stereocenters. The third kappa shape index (κ3) is 5.89. The highest BCUT2D eigenvalue weighted by molar-refractivity contribution is 6.06. The molecule has 0 aliphatic heterocycles.